The van der Waals surface area contributed by atoms with E-state index in [-0.39, 0.29) is 6.61 Å². The van der Waals surface area contributed by atoms with Crippen LogP contribution < -0.4 is 0 Å². The minimum absolute atomic E-state index is 0.0360. The Morgan fingerprint density at radius 2 is 2.00 bits per heavy atom. The van der Waals surface area contributed by atoms with Gasteiger partial charge in [0.2, 0.25) is 0 Å². The molecular weight excluding hydrogens is 259 g/mol. The number of carboxylic acids is 1. The molecule has 0 aliphatic heterocycles. The second-order valence-electron chi connectivity index (χ2n) is 3.65. The average Bonchev–Trinajstić information content (AvgIpc) is 2.36. The zero-order valence-electron chi connectivity index (χ0n) is 10.0. The number of ether oxygens (including phenoxy) is 1. The predicted octanol–water partition coefficient (Wildman–Crippen LogP) is 0.481. The molecule has 104 valence electrons. The van der Waals surface area contributed by atoms with Crippen LogP contribution in [0.2, 0.25) is 0 Å². The molecule has 19 heavy (non-hydrogen) atoms. The Morgan fingerprint density at radius 3 is 2.53 bits per heavy atom. The zero-order chi connectivity index (χ0) is 14.6. The number of aromatic carboxylic acids is 1. The van der Waals surface area contributed by atoms with Gasteiger partial charge in [0.1, 0.15) is 11.9 Å². The SMILES string of the molecule is CCOC(=O)C(O)C(O)c1c(F)cccc1C(=O)O. The molecule has 2 atom stereocenters. The van der Waals surface area contributed by atoms with Crippen molar-refractivity contribution in [1.29, 1.82) is 0 Å². The fourth-order valence-electron chi connectivity index (χ4n) is 1.54. The summed E-state index contributed by atoms with van der Waals surface area (Å²) >= 11 is 0. The summed E-state index contributed by atoms with van der Waals surface area (Å²) in [5.41, 5.74) is -1.19. The first-order chi connectivity index (χ1) is 8.90. The van der Waals surface area contributed by atoms with E-state index in [4.69, 9.17) is 5.11 Å². The number of hydrogen-bond donors (Lipinski definition) is 3. The first-order valence-electron chi connectivity index (χ1n) is 5.44. The summed E-state index contributed by atoms with van der Waals surface area (Å²) < 4.78 is 18.1. The van der Waals surface area contributed by atoms with Gasteiger partial charge in [-0.3, -0.25) is 0 Å². The molecule has 2 unspecified atom stereocenters. The summed E-state index contributed by atoms with van der Waals surface area (Å²) in [5, 5.41) is 28.1. The van der Waals surface area contributed by atoms with Crippen molar-refractivity contribution in [3.63, 3.8) is 0 Å². The third kappa shape index (κ3) is 3.27. The van der Waals surface area contributed by atoms with E-state index >= 15 is 0 Å². The minimum atomic E-state index is -2.06. The van der Waals surface area contributed by atoms with Crippen LogP contribution in [0, 0.1) is 5.82 Å². The van der Waals surface area contributed by atoms with E-state index in [0.717, 1.165) is 18.2 Å². The lowest BCUT2D eigenvalue weighted by Gasteiger charge is -2.18. The lowest BCUT2D eigenvalue weighted by Crippen LogP contribution is -2.31. The van der Waals surface area contributed by atoms with Crippen molar-refractivity contribution in [3.8, 4) is 0 Å². The molecule has 0 saturated carbocycles. The van der Waals surface area contributed by atoms with Crippen molar-refractivity contribution in [2.75, 3.05) is 6.61 Å². The number of aliphatic hydroxyl groups excluding tert-OH is 2. The zero-order valence-corrected chi connectivity index (χ0v) is 10.0. The van der Waals surface area contributed by atoms with Crippen LogP contribution in [0.4, 0.5) is 4.39 Å². The number of aliphatic hydroxyl groups is 2. The summed E-state index contributed by atoms with van der Waals surface area (Å²) in [6.45, 7) is 1.45. The summed E-state index contributed by atoms with van der Waals surface area (Å²) in [6, 6.07) is 3.12. The molecule has 0 fully saturated rings. The summed E-state index contributed by atoms with van der Waals surface area (Å²) in [7, 11) is 0. The van der Waals surface area contributed by atoms with Crippen LogP contribution in [0.5, 0.6) is 0 Å². The molecule has 1 rings (SSSR count). The Morgan fingerprint density at radius 1 is 1.37 bits per heavy atom. The Kier molecular flexibility index (Phi) is 4.96. The number of halogens is 1. The third-order valence-electron chi connectivity index (χ3n) is 2.41. The largest absolute Gasteiger partial charge is 0.478 e. The van der Waals surface area contributed by atoms with Crippen LogP contribution in [0.1, 0.15) is 28.9 Å². The average molecular weight is 272 g/mol. The van der Waals surface area contributed by atoms with Crippen LogP contribution in [0.3, 0.4) is 0 Å². The molecule has 0 heterocycles. The molecule has 0 aliphatic rings. The number of carbonyl (C=O) groups excluding carboxylic acids is 1. The van der Waals surface area contributed by atoms with E-state index < -0.39 is 41.1 Å². The van der Waals surface area contributed by atoms with E-state index in [1.165, 1.54) is 6.92 Å². The van der Waals surface area contributed by atoms with Crippen LogP contribution in [-0.4, -0.2) is 40.0 Å². The molecular formula is C12H13FO6. The van der Waals surface area contributed by atoms with E-state index in [9.17, 15) is 24.2 Å². The van der Waals surface area contributed by atoms with Crippen molar-refractivity contribution in [2.45, 2.75) is 19.1 Å². The normalized spacial score (nSPS) is 13.7. The standard InChI is InChI=1S/C12H13FO6/c1-2-19-12(18)10(15)9(14)8-6(11(16)17)4-3-5-7(8)13/h3-5,9-10,14-15H,2H2,1H3,(H,16,17). The third-order valence-corrected chi connectivity index (χ3v) is 2.41. The van der Waals surface area contributed by atoms with Crippen LogP contribution in [0.15, 0.2) is 18.2 Å². The molecule has 0 radical (unpaired) electrons. The molecule has 0 amide bonds. The molecule has 0 saturated heterocycles. The number of carbonyl (C=O) groups is 2. The van der Waals surface area contributed by atoms with Crippen LogP contribution in [-0.2, 0) is 9.53 Å². The van der Waals surface area contributed by atoms with E-state index in [1.54, 1.807) is 0 Å². The number of esters is 1. The van der Waals surface area contributed by atoms with Crippen molar-refractivity contribution in [1.82, 2.24) is 0 Å². The Labute approximate surface area is 108 Å². The molecule has 0 aliphatic carbocycles. The molecule has 1 aromatic rings. The monoisotopic (exact) mass is 272 g/mol. The molecule has 0 bridgehead atoms. The topological polar surface area (TPSA) is 104 Å². The number of hydrogen-bond acceptors (Lipinski definition) is 5. The van der Waals surface area contributed by atoms with E-state index in [2.05, 4.69) is 4.74 Å². The summed E-state index contributed by atoms with van der Waals surface area (Å²) in [6.07, 6.45) is -4.08. The van der Waals surface area contributed by atoms with Gasteiger partial charge in [-0.25, -0.2) is 14.0 Å². The predicted molar refractivity (Wildman–Crippen MR) is 61.0 cm³/mol. The van der Waals surface area contributed by atoms with Crippen molar-refractivity contribution < 1.29 is 34.0 Å². The van der Waals surface area contributed by atoms with Crippen molar-refractivity contribution in [3.05, 3.63) is 35.1 Å². The molecule has 6 nitrogen and oxygen atoms in total. The number of carboxylic acid groups (broad SMARTS) is 1. The highest BCUT2D eigenvalue weighted by Gasteiger charge is 2.32. The van der Waals surface area contributed by atoms with E-state index in [0.29, 0.717) is 0 Å². The number of rotatable bonds is 5. The van der Waals surface area contributed by atoms with Crippen LogP contribution in [0.25, 0.3) is 0 Å². The summed E-state index contributed by atoms with van der Waals surface area (Å²) in [4.78, 5) is 22.2. The highest BCUT2D eigenvalue weighted by Crippen LogP contribution is 2.25. The quantitative estimate of drug-likeness (QED) is 0.673. The van der Waals surface area contributed by atoms with Crippen molar-refractivity contribution in [2.24, 2.45) is 0 Å². The fourth-order valence-corrected chi connectivity index (χ4v) is 1.54. The van der Waals surface area contributed by atoms with Gasteiger partial charge < -0.3 is 20.1 Å². The molecule has 7 heteroatoms. The Bertz CT molecular complexity index is 487. The fraction of sp³-hybridized carbons (Fsp3) is 0.333. The lowest BCUT2D eigenvalue weighted by molar-refractivity contribution is -0.159. The van der Waals surface area contributed by atoms with Gasteiger partial charge in [-0.2, -0.15) is 0 Å². The van der Waals surface area contributed by atoms with Gasteiger partial charge >= 0.3 is 11.9 Å². The number of benzene rings is 1. The van der Waals surface area contributed by atoms with Crippen molar-refractivity contribution >= 4 is 11.9 Å². The maximum atomic E-state index is 13.6. The van der Waals surface area contributed by atoms with Gasteiger partial charge in [0, 0.05) is 5.56 Å². The van der Waals surface area contributed by atoms with Gasteiger partial charge in [0.15, 0.2) is 6.10 Å². The molecule has 0 aromatic heterocycles. The van der Waals surface area contributed by atoms with Gasteiger partial charge in [0.05, 0.1) is 12.2 Å². The first-order valence-corrected chi connectivity index (χ1v) is 5.44. The van der Waals surface area contributed by atoms with Gasteiger partial charge in [0.25, 0.3) is 0 Å². The highest BCUT2D eigenvalue weighted by atomic mass is 19.1. The highest BCUT2D eigenvalue weighted by molar-refractivity contribution is 5.90. The van der Waals surface area contributed by atoms with E-state index in [1.807, 2.05) is 0 Å². The minimum Gasteiger partial charge on any atom is -0.478 e. The lowest BCUT2D eigenvalue weighted by atomic mass is 9.98. The van der Waals surface area contributed by atoms with Gasteiger partial charge in [-0.05, 0) is 19.1 Å². The second-order valence-corrected chi connectivity index (χ2v) is 3.65. The smallest absolute Gasteiger partial charge is 0.338 e. The Balaban J connectivity index is 3.15. The van der Waals surface area contributed by atoms with Gasteiger partial charge in [-0.1, -0.05) is 6.07 Å². The molecule has 0 spiro atoms. The van der Waals surface area contributed by atoms with Gasteiger partial charge in [-0.15, -0.1) is 0 Å². The van der Waals surface area contributed by atoms with Crippen LogP contribution >= 0.6 is 0 Å². The molecule has 1 aromatic carbocycles. The Hall–Kier alpha value is -1.99. The first kappa shape index (κ1) is 15.1. The molecule has 3 N–H and O–H groups in total. The maximum absolute atomic E-state index is 13.6. The maximum Gasteiger partial charge on any atom is 0.338 e. The second kappa shape index (κ2) is 6.26. The summed E-state index contributed by atoms with van der Waals surface area (Å²) in [5.74, 6) is -3.67.